The summed E-state index contributed by atoms with van der Waals surface area (Å²) < 4.78 is 10.7. The quantitative estimate of drug-likeness (QED) is 0.549. The number of aromatic nitrogens is 2. The molecule has 0 aliphatic rings. The van der Waals surface area contributed by atoms with Crippen LogP contribution in [0, 0.1) is 0 Å². The molecule has 0 atom stereocenters. The highest BCUT2D eigenvalue weighted by Crippen LogP contribution is 2.20. The number of carbonyl (C=O) groups excluding carboxylic acids is 1. The van der Waals surface area contributed by atoms with E-state index in [0.717, 1.165) is 16.2 Å². The monoisotopic (exact) mass is 359 g/mol. The SMILES string of the molecule is Nc1nc(COC(=O)COc2ccc3ccccc3c2)nc2ccccc12. The van der Waals surface area contributed by atoms with Gasteiger partial charge in [-0.25, -0.2) is 14.8 Å². The molecule has 0 aliphatic carbocycles. The summed E-state index contributed by atoms with van der Waals surface area (Å²) in [6.07, 6.45) is 0. The molecule has 0 bridgehead atoms. The largest absolute Gasteiger partial charge is 0.482 e. The minimum atomic E-state index is -0.501. The second kappa shape index (κ2) is 7.29. The maximum atomic E-state index is 12.0. The number of fused-ring (bicyclic) bond motifs is 2. The zero-order chi connectivity index (χ0) is 18.6. The van der Waals surface area contributed by atoms with Gasteiger partial charge in [0.05, 0.1) is 5.52 Å². The van der Waals surface area contributed by atoms with Crippen molar-refractivity contribution in [1.29, 1.82) is 0 Å². The van der Waals surface area contributed by atoms with Crippen LogP contribution < -0.4 is 10.5 Å². The van der Waals surface area contributed by atoms with E-state index in [2.05, 4.69) is 9.97 Å². The van der Waals surface area contributed by atoms with Gasteiger partial charge in [-0.1, -0.05) is 42.5 Å². The Bertz CT molecular complexity index is 1130. The van der Waals surface area contributed by atoms with Gasteiger partial charge in [0.25, 0.3) is 0 Å². The van der Waals surface area contributed by atoms with E-state index < -0.39 is 5.97 Å². The van der Waals surface area contributed by atoms with Gasteiger partial charge in [-0.05, 0) is 35.0 Å². The van der Waals surface area contributed by atoms with Crippen LogP contribution in [0.15, 0.2) is 66.7 Å². The van der Waals surface area contributed by atoms with Gasteiger partial charge in [0.15, 0.2) is 19.0 Å². The molecule has 6 nitrogen and oxygen atoms in total. The number of nitrogen functional groups attached to an aromatic ring is 1. The summed E-state index contributed by atoms with van der Waals surface area (Å²) in [6.45, 7) is -0.254. The minimum absolute atomic E-state index is 0.0606. The molecule has 0 unspecified atom stereocenters. The maximum absolute atomic E-state index is 12.0. The van der Waals surface area contributed by atoms with Gasteiger partial charge in [0.1, 0.15) is 11.6 Å². The molecular weight excluding hydrogens is 342 g/mol. The number of hydrogen-bond donors (Lipinski definition) is 1. The van der Waals surface area contributed by atoms with Crippen molar-refractivity contribution in [3.63, 3.8) is 0 Å². The van der Waals surface area contributed by atoms with Crippen LogP contribution in [0.2, 0.25) is 0 Å². The Morgan fingerprint density at radius 1 is 0.926 bits per heavy atom. The second-order valence-electron chi connectivity index (χ2n) is 6.00. The summed E-state index contributed by atoms with van der Waals surface area (Å²) in [5, 5.41) is 2.93. The standard InChI is InChI=1S/C21H17N3O3/c22-21-17-7-3-4-8-18(17)23-19(24-21)12-27-20(25)13-26-16-10-9-14-5-1-2-6-15(14)11-16/h1-11H,12-13H2,(H2,22,23,24). The first-order chi connectivity index (χ1) is 13.2. The molecule has 0 amide bonds. The molecule has 0 saturated carbocycles. The van der Waals surface area contributed by atoms with Crippen LogP contribution in [0.1, 0.15) is 5.82 Å². The molecule has 0 fully saturated rings. The van der Waals surface area contributed by atoms with E-state index in [1.807, 2.05) is 66.7 Å². The summed E-state index contributed by atoms with van der Waals surface area (Å²) in [5.74, 6) is 0.819. The fourth-order valence-corrected chi connectivity index (χ4v) is 2.80. The third-order valence-electron chi connectivity index (χ3n) is 4.12. The lowest BCUT2D eigenvalue weighted by Gasteiger charge is -2.08. The van der Waals surface area contributed by atoms with Crippen molar-refractivity contribution >= 4 is 33.5 Å². The van der Waals surface area contributed by atoms with Gasteiger partial charge in [0.2, 0.25) is 0 Å². The number of benzene rings is 3. The van der Waals surface area contributed by atoms with E-state index in [4.69, 9.17) is 15.2 Å². The minimum Gasteiger partial charge on any atom is -0.482 e. The van der Waals surface area contributed by atoms with Gasteiger partial charge in [-0.3, -0.25) is 0 Å². The van der Waals surface area contributed by atoms with E-state index in [1.165, 1.54) is 0 Å². The van der Waals surface area contributed by atoms with E-state index in [-0.39, 0.29) is 13.2 Å². The highest BCUT2D eigenvalue weighted by molar-refractivity contribution is 5.87. The van der Waals surface area contributed by atoms with Crippen LogP contribution in [0.5, 0.6) is 5.75 Å². The maximum Gasteiger partial charge on any atom is 0.344 e. The van der Waals surface area contributed by atoms with Crippen molar-refractivity contribution in [3.8, 4) is 5.75 Å². The number of rotatable bonds is 5. The highest BCUT2D eigenvalue weighted by Gasteiger charge is 2.09. The average Bonchev–Trinajstić information content (AvgIpc) is 2.70. The Morgan fingerprint density at radius 2 is 1.70 bits per heavy atom. The van der Waals surface area contributed by atoms with Crippen LogP contribution in [-0.2, 0) is 16.1 Å². The Labute approximate surface area is 155 Å². The third kappa shape index (κ3) is 3.79. The van der Waals surface area contributed by atoms with Crippen molar-refractivity contribution < 1.29 is 14.3 Å². The van der Waals surface area contributed by atoms with Gasteiger partial charge >= 0.3 is 5.97 Å². The van der Waals surface area contributed by atoms with E-state index >= 15 is 0 Å². The van der Waals surface area contributed by atoms with Crippen molar-refractivity contribution in [1.82, 2.24) is 9.97 Å². The van der Waals surface area contributed by atoms with E-state index in [1.54, 1.807) is 0 Å². The Kier molecular flexibility index (Phi) is 4.53. The molecule has 3 aromatic carbocycles. The molecule has 0 spiro atoms. The number of carbonyl (C=O) groups is 1. The average molecular weight is 359 g/mol. The zero-order valence-corrected chi connectivity index (χ0v) is 14.5. The van der Waals surface area contributed by atoms with Crippen molar-refractivity contribution in [2.45, 2.75) is 6.61 Å². The van der Waals surface area contributed by atoms with Crippen molar-refractivity contribution in [2.75, 3.05) is 12.3 Å². The number of nitrogens with zero attached hydrogens (tertiary/aromatic N) is 2. The third-order valence-corrected chi connectivity index (χ3v) is 4.12. The molecule has 134 valence electrons. The molecule has 2 N–H and O–H groups in total. The first-order valence-corrected chi connectivity index (χ1v) is 8.47. The predicted molar refractivity (Wildman–Crippen MR) is 103 cm³/mol. The molecule has 4 rings (SSSR count). The smallest absolute Gasteiger partial charge is 0.344 e. The number of hydrogen-bond acceptors (Lipinski definition) is 6. The number of esters is 1. The molecule has 6 heteroatoms. The molecule has 1 heterocycles. The number of anilines is 1. The fraction of sp³-hybridized carbons (Fsp3) is 0.0952. The van der Waals surface area contributed by atoms with E-state index in [0.29, 0.717) is 22.9 Å². The van der Waals surface area contributed by atoms with Crippen molar-refractivity contribution in [3.05, 3.63) is 72.6 Å². The summed E-state index contributed by atoms with van der Waals surface area (Å²) in [5.41, 5.74) is 6.64. The summed E-state index contributed by atoms with van der Waals surface area (Å²) in [4.78, 5) is 20.5. The second-order valence-corrected chi connectivity index (χ2v) is 6.00. The van der Waals surface area contributed by atoms with Crippen LogP contribution in [0.3, 0.4) is 0 Å². The first kappa shape index (κ1) is 16.8. The lowest BCUT2D eigenvalue weighted by Crippen LogP contribution is -2.15. The van der Waals surface area contributed by atoms with E-state index in [9.17, 15) is 4.79 Å². The highest BCUT2D eigenvalue weighted by atomic mass is 16.6. The van der Waals surface area contributed by atoms with Crippen LogP contribution in [0.25, 0.3) is 21.7 Å². The molecule has 0 aliphatic heterocycles. The molecule has 0 radical (unpaired) electrons. The Morgan fingerprint density at radius 3 is 2.59 bits per heavy atom. The lowest BCUT2D eigenvalue weighted by molar-refractivity contribution is -0.147. The van der Waals surface area contributed by atoms with Gasteiger partial charge < -0.3 is 15.2 Å². The first-order valence-electron chi connectivity index (χ1n) is 8.47. The van der Waals surface area contributed by atoms with Gasteiger partial charge in [0, 0.05) is 5.39 Å². The van der Waals surface area contributed by atoms with Crippen LogP contribution in [0.4, 0.5) is 5.82 Å². The molecular formula is C21H17N3O3. The molecule has 1 aromatic heterocycles. The number of para-hydroxylation sites is 1. The van der Waals surface area contributed by atoms with Gasteiger partial charge in [-0.15, -0.1) is 0 Å². The zero-order valence-electron chi connectivity index (χ0n) is 14.5. The topological polar surface area (TPSA) is 87.3 Å². The molecule has 27 heavy (non-hydrogen) atoms. The fourth-order valence-electron chi connectivity index (χ4n) is 2.80. The number of nitrogens with two attached hydrogens (primary N) is 1. The summed E-state index contributed by atoms with van der Waals surface area (Å²) in [6, 6.07) is 21.0. The van der Waals surface area contributed by atoms with Crippen molar-refractivity contribution in [2.24, 2.45) is 0 Å². The summed E-state index contributed by atoms with van der Waals surface area (Å²) >= 11 is 0. The molecule has 0 saturated heterocycles. The van der Waals surface area contributed by atoms with Crippen LogP contribution >= 0.6 is 0 Å². The van der Waals surface area contributed by atoms with Gasteiger partial charge in [-0.2, -0.15) is 0 Å². The molecule has 4 aromatic rings. The summed E-state index contributed by atoms with van der Waals surface area (Å²) in [7, 11) is 0. The Hall–Kier alpha value is -3.67. The Balaban J connectivity index is 1.36. The normalized spacial score (nSPS) is 10.8. The number of ether oxygens (including phenoxy) is 2. The van der Waals surface area contributed by atoms with Crippen LogP contribution in [-0.4, -0.2) is 22.5 Å². The lowest BCUT2D eigenvalue weighted by atomic mass is 10.1. The predicted octanol–water partition coefficient (Wildman–Crippen LogP) is 3.49.